The Labute approximate surface area is 103 Å². The van der Waals surface area contributed by atoms with E-state index in [9.17, 15) is 5.11 Å². The van der Waals surface area contributed by atoms with Crippen LogP contribution < -0.4 is 10.6 Å². The molecule has 0 saturated heterocycles. The van der Waals surface area contributed by atoms with E-state index in [0.29, 0.717) is 12.6 Å². The van der Waals surface area contributed by atoms with Gasteiger partial charge in [-0.05, 0) is 30.5 Å². The van der Waals surface area contributed by atoms with Gasteiger partial charge in [-0.1, -0.05) is 31.2 Å². The highest BCUT2D eigenvalue weighted by Crippen LogP contribution is 2.23. The van der Waals surface area contributed by atoms with Crippen LogP contribution in [0.3, 0.4) is 0 Å². The summed E-state index contributed by atoms with van der Waals surface area (Å²) in [5.41, 5.74) is 2.74. The lowest BCUT2D eigenvalue weighted by Crippen LogP contribution is -2.30. The van der Waals surface area contributed by atoms with Gasteiger partial charge >= 0.3 is 0 Å². The van der Waals surface area contributed by atoms with E-state index >= 15 is 0 Å². The second-order valence-corrected chi connectivity index (χ2v) is 4.69. The molecule has 0 radical (unpaired) electrons. The maximum Gasteiger partial charge on any atom is 0.0662 e. The highest BCUT2D eigenvalue weighted by molar-refractivity contribution is 5.30. The molecule has 2 rings (SSSR count). The minimum atomic E-state index is -0.238. The van der Waals surface area contributed by atoms with E-state index in [0.717, 1.165) is 25.9 Å². The number of nitrogens with one attached hydrogen (secondary N) is 2. The fourth-order valence-electron chi connectivity index (χ4n) is 2.29. The van der Waals surface area contributed by atoms with Gasteiger partial charge in [0.25, 0.3) is 0 Å². The SMILES string of the molecule is CCC(O)CNC1CCNCc2ccccc21. The summed E-state index contributed by atoms with van der Waals surface area (Å²) in [6, 6.07) is 8.91. The Balaban J connectivity index is 2.06. The van der Waals surface area contributed by atoms with E-state index in [1.165, 1.54) is 11.1 Å². The van der Waals surface area contributed by atoms with Crippen LogP contribution >= 0.6 is 0 Å². The largest absolute Gasteiger partial charge is 0.392 e. The van der Waals surface area contributed by atoms with Crippen LogP contribution in [-0.2, 0) is 6.54 Å². The molecule has 1 aromatic carbocycles. The lowest BCUT2D eigenvalue weighted by Gasteiger charge is -2.20. The maximum atomic E-state index is 9.63. The zero-order valence-electron chi connectivity index (χ0n) is 10.4. The molecule has 3 nitrogen and oxygen atoms in total. The van der Waals surface area contributed by atoms with Crippen LogP contribution in [0.15, 0.2) is 24.3 Å². The van der Waals surface area contributed by atoms with Gasteiger partial charge in [0, 0.05) is 19.1 Å². The number of hydrogen-bond donors (Lipinski definition) is 3. The first-order chi connectivity index (χ1) is 8.31. The fraction of sp³-hybridized carbons (Fsp3) is 0.571. The highest BCUT2D eigenvalue weighted by Gasteiger charge is 2.17. The second-order valence-electron chi connectivity index (χ2n) is 4.69. The number of fused-ring (bicyclic) bond motifs is 1. The van der Waals surface area contributed by atoms with Gasteiger partial charge in [0.1, 0.15) is 0 Å². The van der Waals surface area contributed by atoms with Gasteiger partial charge < -0.3 is 15.7 Å². The second kappa shape index (κ2) is 6.15. The van der Waals surface area contributed by atoms with E-state index in [4.69, 9.17) is 0 Å². The molecule has 0 spiro atoms. The Morgan fingerprint density at radius 1 is 1.47 bits per heavy atom. The average molecular weight is 234 g/mol. The van der Waals surface area contributed by atoms with Gasteiger partial charge in [-0.15, -0.1) is 0 Å². The highest BCUT2D eigenvalue weighted by atomic mass is 16.3. The third-order valence-corrected chi connectivity index (χ3v) is 3.43. The molecular weight excluding hydrogens is 212 g/mol. The van der Waals surface area contributed by atoms with Crippen LogP contribution in [0, 0.1) is 0 Å². The van der Waals surface area contributed by atoms with Gasteiger partial charge in [-0.3, -0.25) is 0 Å². The average Bonchev–Trinajstić information content (AvgIpc) is 2.58. The predicted octanol–water partition coefficient (Wildman–Crippen LogP) is 1.58. The van der Waals surface area contributed by atoms with Crippen molar-refractivity contribution in [2.75, 3.05) is 13.1 Å². The molecule has 1 aliphatic heterocycles. The van der Waals surface area contributed by atoms with Crippen molar-refractivity contribution < 1.29 is 5.11 Å². The zero-order chi connectivity index (χ0) is 12.1. The Hall–Kier alpha value is -0.900. The Bertz CT molecular complexity index is 354. The van der Waals surface area contributed by atoms with Gasteiger partial charge in [-0.25, -0.2) is 0 Å². The number of benzene rings is 1. The maximum absolute atomic E-state index is 9.63. The lowest BCUT2D eigenvalue weighted by molar-refractivity contribution is 0.162. The molecule has 94 valence electrons. The van der Waals surface area contributed by atoms with Crippen LogP contribution in [0.5, 0.6) is 0 Å². The van der Waals surface area contributed by atoms with E-state index in [-0.39, 0.29) is 6.10 Å². The van der Waals surface area contributed by atoms with Crippen LogP contribution in [0.1, 0.15) is 36.9 Å². The summed E-state index contributed by atoms with van der Waals surface area (Å²) in [5.74, 6) is 0. The third kappa shape index (κ3) is 3.28. The molecule has 2 atom stereocenters. The van der Waals surface area contributed by atoms with Crippen molar-refractivity contribution in [3.8, 4) is 0 Å². The van der Waals surface area contributed by atoms with Gasteiger partial charge in [-0.2, -0.15) is 0 Å². The number of rotatable bonds is 4. The fourth-order valence-corrected chi connectivity index (χ4v) is 2.29. The summed E-state index contributed by atoms with van der Waals surface area (Å²) in [6.45, 7) is 4.66. The molecule has 0 aromatic heterocycles. The van der Waals surface area contributed by atoms with Gasteiger partial charge in [0.05, 0.1) is 6.10 Å². The quantitative estimate of drug-likeness (QED) is 0.741. The lowest BCUT2D eigenvalue weighted by atomic mass is 9.99. The first-order valence-corrected chi connectivity index (χ1v) is 6.51. The summed E-state index contributed by atoms with van der Waals surface area (Å²) >= 11 is 0. The number of aliphatic hydroxyl groups excluding tert-OH is 1. The molecule has 0 bridgehead atoms. The van der Waals surface area contributed by atoms with Crippen molar-refractivity contribution in [1.29, 1.82) is 0 Å². The van der Waals surface area contributed by atoms with Crippen molar-refractivity contribution in [3.63, 3.8) is 0 Å². The molecular formula is C14H22N2O. The van der Waals surface area contributed by atoms with Crippen molar-refractivity contribution in [3.05, 3.63) is 35.4 Å². The van der Waals surface area contributed by atoms with Crippen LogP contribution in [0.2, 0.25) is 0 Å². The third-order valence-electron chi connectivity index (χ3n) is 3.43. The molecule has 3 heteroatoms. The van der Waals surface area contributed by atoms with E-state index in [1.807, 2.05) is 6.92 Å². The van der Waals surface area contributed by atoms with E-state index in [2.05, 4.69) is 34.9 Å². The molecule has 0 aliphatic carbocycles. The van der Waals surface area contributed by atoms with Crippen molar-refractivity contribution in [2.24, 2.45) is 0 Å². The molecule has 0 amide bonds. The minimum Gasteiger partial charge on any atom is -0.392 e. The molecule has 1 aliphatic rings. The molecule has 17 heavy (non-hydrogen) atoms. The smallest absolute Gasteiger partial charge is 0.0662 e. The van der Waals surface area contributed by atoms with Crippen molar-refractivity contribution in [2.45, 2.75) is 38.5 Å². The summed E-state index contributed by atoms with van der Waals surface area (Å²) in [6.07, 6.45) is 1.64. The van der Waals surface area contributed by atoms with Crippen molar-refractivity contribution >= 4 is 0 Å². The summed E-state index contributed by atoms with van der Waals surface area (Å²) in [7, 11) is 0. The van der Waals surface area contributed by atoms with Gasteiger partial charge in [0.2, 0.25) is 0 Å². The summed E-state index contributed by atoms with van der Waals surface area (Å²) in [5, 5.41) is 16.5. The Kier molecular flexibility index (Phi) is 4.54. The Morgan fingerprint density at radius 2 is 2.29 bits per heavy atom. The predicted molar refractivity (Wildman–Crippen MR) is 69.8 cm³/mol. The standard InChI is InChI=1S/C14H22N2O/c1-2-12(17)10-16-14-7-8-15-9-11-5-3-4-6-13(11)14/h3-6,12,14-17H,2,7-10H2,1H3. The summed E-state index contributed by atoms with van der Waals surface area (Å²) in [4.78, 5) is 0. The monoisotopic (exact) mass is 234 g/mol. The van der Waals surface area contributed by atoms with Gasteiger partial charge in [0.15, 0.2) is 0 Å². The van der Waals surface area contributed by atoms with Crippen molar-refractivity contribution in [1.82, 2.24) is 10.6 Å². The van der Waals surface area contributed by atoms with Crippen LogP contribution in [-0.4, -0.2) is 24.3 Å². The van der Waals surface area contributed by atoms with E-state index < -0.39 is 0 Å². The Morgan fingerprint density at radius 3 is 3.12 bits per heavy atom. The molecule has 3 N–H and O–H groups in total. The topological polar surface area (TPSA) is 44.3 Å². The summed E-state index contributed by atoms with van der Waals surface area (Å²) < 4.78 is 0. The molecule has 2 unspecified atom stereocenters. The zero-order valence-corrected chi connectivity index (χ0v) is 10.4. The molecule has 1 heterocycles. The normalized spacial score (nSPS) is 21.6. The van der Waals surface area contributed by atoms with Crippen LogP contribution in [0.25, 0.3) is 0 Å². The molecule has 0 saturated carbocycles. The number of aliphatic hydroxyl groups is 1. The number of hydrogen-bond acceptors (Lipinski definition) is 3. The molecule has 1 aromatic rings. The van der Waals surface area contributed by atoms with E-state index in [1.54, 1.807) is 0 Å². The first kappa shape index (κ1) is 12.6. The molecule has 0 fully saturated rings. The first-order valence-electron chi connectivity index (χ1n) is 6.51. The minimum absolute atomic E-state index is 0.238. The van der Waals surface area contributed by atoms with Crippen LogP contribution in [0.4, 0.5) is 0 Å².